The highest BCUT2D eigenvalue weighted by Gasteiger charge is 2.22. The molecule has 0 fully saturated rings. The van der Waals surface area contributed by atoms with E-state index < -0.39 is 10.0 Å². The number of ether oxygens (including phenoxy) is 2. The van der Waals surface area contributed by atoms with E-state index in [1.807, 2.05) is 54.6 Å². The maximum absolute atomic E-state index is 12.9. The van der Waals surface area contributed by atoms with E-state index >= 15 is 0 Å². The number of nitrogens with zero attached hydrogens (tertiary/aromatic N) is 1. The van der Waals surface area contributed by atoms with E-state index in [1.165, 1.54) is 36.7 Å². The Bertz CT molecular complexity index is 1060. The van der Waals surface area contributed by atoms with Crippen LogP contribution < -0.4 is 9.47 Å². The van der Waals surface area contributed by atoms with Crippen molar-refractivity contribution in [1.82, 2.24) is 4.31 Å². The van der Waals surface area contributed by atoms with Crippen LogP contribution in [0.1, 0.15) is 5.56 Å². The summed E-state index contributed by atoms with van der Waals surface area (Å²) in [6.07, 6.45) is 0. The third-order valence-corrected chi connectivity index (χ3v) is 6.21. The molecule has 0 radical (unpaired) electrons. The van der Waals surface area contributed by atoms with Gasteiger partial charge in [0.15, 0.2) is 0 Å². The number of sulfonamides is 1. The lowest BCUT2D eigenvalue weighted by molar-refractivity contribution is 0.414. The largest absolute Gasteiger partial charge is 0.495 e. The summed E-state index contributed by atoms with van der Waals surface area (Å²) in [7, 11) is -0.700. The molecule has 0 heterocycles. The van der Waals surface area contributed by atoms with Gasteiger partial charge in [-0.2, -0.15) is 4.31 Å². The molecule has 0 N–H and O–H groups in total. The molecular formula is C21H20ClNO4S. The molecule has 0 aromatic heterocycles. The Kier molecular flexibility index (Phi) is 6.24. The van der Waals surface area contributed by atoms with Gasteiger partial charge in [0.2, 0.25) is 10.0 Å². The summed E-state index contributed by atoms with van der Waals surface area (Å²) >= 11 is 6.07. The van der Waals surface area contributed by atoms with Crippen LogP contribution in [0, 0.1) is 0 Å². The van der Waals surface area contributed by atoms with Gasteiger partial charge in [-0.15, -0.1) is 0 Å². The van der Waals surface area contributed by atoms with Crippen LogP contribution in [-0.2, 0) is 16.6 Å². The second kappa shape index (κ2) is 8.65. The fourth-order valence-corrected chi connectivity index (χ4v) is 4.17. The third-order valence-electron chi connectivity index (χ3n) is 4.11. The molecule has 0 atom stereocenters. The first-order valence-electron chi connectivity index (χ1n) is 8.52. The van der Waals surface area contributed by atoms with Crippen molar-refractivity contribution in [3.05, 3.63) is 83.4 Å². The lowest BCUT2D eigenvalue weighted by atomic mass is 10.2. The molecule has 0 saturated carbocycles. The Morgan fingerprint density at radius 3 is 2.32 bits per heavy atom. The molecule has 0 amide bonds. The molecule has 3 aromatic rings. The number of hydrogen-bond acceptors (Lipinski definition) is 4. The highest BCUT2D eigenvalue weighted by Crippen LogP contribution is 2.29. The first-order valence-corrected chi connectivity index (χ1v) is 10.3. The number of benzene rings is 3. The van der Waals surface area contributed by atoms with Crippen molar-refractivity contribution < 1.29 is 17.9 Å². The second-order valence-corrected chi connectivity index (χ2v) is 8.57. The Morgan fingerprint density at radius 2 is 1.64 bits per heavy atom. The summed E-state index contributed by atoms with van der Waals surface area (Å²) in [5, 5.41) is 0.246. The number of para-hydroxylation sites is 1. The van der Waals surface area contributed by atoms with E-state index in [-0.39, 0.29) is 16.5 Å². The summed E-state index contributed by atoms with van der Waals surface area (Å²) in [6, 6.07) is 21.1. The lowest BCUT2D eigenvalue weighted by Crippen LogP contribution is -2.26. The van der Waals surface area contributed by atoms with Crippen LogP contribution in [-0.4, -0.2) is 26.9 Å². The van der Waals surface area contributed by atoms with Gasteiger partial charge in [-0.1, -0.05) is 41.9 Å². The zero-order valence-electron chi connectivity index (χ0n) is 15.5. The molecule has 0 bridgehead atoms. The molecule has 7 heteroatoms. The monoisotopic (exact) mass is 417 g/mol. The van der Waals surface area contributed by atoms with E-state index in [4.69, 9.17) is 21.1 Å². The fraction of sp³-hybridized carbons (Fsp3) is 0.143. The minimum Gasteiger partial charge on any atom is -0.495 e. The van der Waals surface area contributed by atoms with E-state index in [1.54, 1.807) is 0 Å². The average molecular weight is 418 g/mol. The summed E-state index contributed by atoms with van der Waals surface area (Å²) in [4.78, 5) is 0.109. The van der Waals surface area contributed by atoms with E-state index in [9.17, 15) is 8.42 Å². The Labute approximate surface area is 170 Å². The maximum atomic E-state index is 12.9. The molecule has 0 aliphatic heterocycles. The van der Waals surface area contributed by atoms with Gasteiger partial charge in [-0.05, 0) is 48.0 Å². The van der Waals surface area contributed by atoms with Gasteiger partial charge in [-0.3, -0.25) is 0 Å². The molecule has 0 spiro atoms. The highest BCUT2D eigenvalue weighted by atomic mass is 35.5. The zero-order valence-corrected chi connectivity index (χ0v) is 17.1. The van der Waals surface area contributed by atoms with Crippen LogP contribution in [0.4, 0.5) is 0 Å². The van der Waals surface area contributed by atoms with Crippen molar-refractivity contribution in [2.75, 3.05) is 14.2 Å². The first-order chi connectivity index (χ1) is 13.4. The highest BCUT2D eigenvalue weighted by molar-refractivity contribution is 7.89. The van der Waals surface area contributed by atoms with Crippen LogP contribution in [0.2, 0.25) is 5.02 Å². The molecule has 0 unspecified atom stereocenters. The predicted molar refractivity (Wildman–Crippen MR) is 110 cm³/mol. The summed E-state index contributed by atoms with van der Waals surface area (Å²) in [5.41, 5.74) is 0.805. The van der Waals surface area contributed by atoms with Crippen LogP contribution >= 0.6 is 11.6 Å². The number of methoxy groups -OCH3 is 1. The van der Waals surface area contributed by atoms with Gasteiger partial charge >= 0.3 is 0 Å². The van der Waals surface area contributed by atoms with Crippen molar-refractivity contribution in [3.63, 3.8) is 0 Å². The Morgan fingerprint density at radius 1 is 0.929 bits per heavy atom. The molecule has 3 rings (SSSR count). The zero-order chi connectivity index (χ0) is 20.1. The van der Waals surface area contributed by atoms with Gasteiger partial charge in [-0.25, -0.2) is 8.42 Å². The average Bonchev–Trinajstić information content (AvgIpc) is 2.69. The summed E-state index contributed by atoms with van der Waals surface area (Å²) < 4.78 is 37.9. The topological polar surface area (TPSA) is 55.8 Å². The number of rotatable bonds is 7. The maximum Gasteiger partial charge on any atom is 0.243 e. The molecule has 3 aromatic carbocycles. The molecule has 146 valence electrons. The van der Waals surface area contributed by atoms with Crippen molar-refractivity contribution in [3.8, 4) is 17.2 Å². The van der Waals surface area contributed by atoms with Gasteiger partial charge in [0, 0.05) is 13.6 Å². The van der Waals surface area contributed by atoms with Gasteiger partial charge < -0.3 is 9.47 Å². The predicted octanol–water partition coefficient (Wildman–Crippen LogP) is 4.96. The number of halogens is 1. The molecular weight excluding hydrogens is 398 g/mol. The number of hydrogen-bond donors (Lipinski definition) is 0. The first kappa shape index (κ1) is 20.2. The molecule has 0 saturated heterocycles. The second-order valence-electron chi connectivity index (χ2n) is 6.12. The van der Waals surface area contributed by atoms with Crippen molar-refractivity contribution in [1.29, 1.82) is 0 Å². The Hall–Kier alpha value is -2.54. The molecule has 5 nitrogen and oxygen atoms in total. The standard InChI is InChI=1S/C21H20ClNO4S/c1-23(28(24,25)19-11-12-21(26-2)20(22)14-19)15-16-7-6-10-18(13-16)27-17-8-4-3-5-9-17/h3-14H,15H2,1-2H3. The smallest absolute Gasteiger partial charge is 0.243 e. The lowest BCUT2D eigenvalue weighted by Gasteiger charge is -2.18. The summed E-state index contributed by atoms with van der Waals surface area (Å²) in [5.74, 6) is 1.78. The van der Waals surface area contributed by atoms with Crippen molar-refractivity contribution in [2.45, 2.75) is 11.4 Å². The van der Waals surface area contributed by atoms with E-state index in [0.717, 1.165) is 5.56 Å². The van der Waals surface area contributed by atoms with Crippen LogP contribution in [0.15, 0.2) is 77.7 Å². The van der Waals surface area contributed by atoms with E-state index in [2.05, 4.69) is 0 Å². The summed E-state index contributed by atoms with van der Waals surface area (Å²) in [6.45, 7) is 0.192. The van der Waals surface area contributed by atoms with Crippen LogP contribution in [0.5, 0.6) is 17.2 Å². The van der Waals surface area contributed by atoms with Gasteiger partial charge in [0.25, 0.3) is 0 Å². The van der Waals surface area contributed by atoms with Crippen molar-refractivity contribution in [2.24, 2.45) is 0 Å². The molecule has 28 heavy (non-hydrogen) atoms. The van der Waals surface area contributed by atoms with Gasteiger partial charge in [0.1, 0.15) is 17.2 Å². The Balaban J connectivity index is 1.77. The quantitative estimate of drug-likeness (QED) is 0.545. The van der Waals surface area contributed by atoms with Crippen LogP contribution in [0.3, 0.4) is 0 Å². The molecule has 0 aliphatic carbocycles. The van der Waals surface area contributed by atoms with Gasteiger partial charge in [0.05, 0.1) is 17.0 Å². The van der Waals surface area contributed by atoms with E-state index in [0.29, 0.717) is 17.2 Å². The molecule has 0 aliphatic rings. The minimum absolute atomic E-state index is 0.109. The van der Waals surface area contributed by atoms with Crippen molar-refractivity contribution >= 4 is 21.6 Å². The normalized spacial score (nSPS) is 11.4. The van der Waals surface area contributed by atoms with Crippen LogP contribution in [0.25, 0.3) is 0 Å². The SMILES string of the molecule is COc1ccc(S(=O)(=O)N(C)Cc2cccc(Oc3ccccc3)c2)cc1Cl. The fourth-order valence-electron chi connectivity index (χ4n) is 2.66. The third kappa shape index (κ3) is 4.65. The minimum atomic E-state index is -3.70.